The monoisotopic (exact) mass is 469 g/mol. The molecule has 1 aromatic rings. The minimum absolute atomic E-state index is 0.0808. The smallest absolute Gasteiger partial charge is 0.322 e. The molecule has 15 heteroatoms. The highest BCUT2D eigenvalue weighted by molar-refractivity contribution is 5.94. The number of rotatable bonds is 15. The molecule has 0 aromatic carbocycles. The van der Waals surface area contributed by atoms with E-state index in [1.807, 2.05) is 0 Å². The molecule has 0 saturated carbocycles. The Labute approximate surface area is 187 Å². The molecule has 0 aliphatic carbocycles. The maximum atomic E-state index is 12.9. The minimum atomic E-state index is -1.32. The van der Waals surface area contributed by atoms with Gasteiger partial charge in [-0.05, 0) is 12.8 Å². The number of aromatic nitrogens is 2. The Bertz CT molecular complexity index is 858. The maximum Gasteiger partial charge on any atom is 0.322 e. The van der Waals surface area contributed by atoms with Gasteiger partial charge in [0.2, 0.25) is 23.6 Å². The molecule has 0 bridgehead atoms. The van der Waals surface area contributed by atoms with Gasteiger partial charge >= 0.3 is 11.9 Å². The van der Waals surface area contributed by atoms with Crippen molar-refractivity contribution in [1.82, 2.24) is 25.9 Å². The number of imidazole rings is 1. The number of carboxylic acids is 2. The highest BCUT2D eigenvalue weighted by Crippen LogP contribution is 2.04. The van der Waals surface area contributed by atoms with E-state index in [4.69, 9.17) is 21.7 Å². The topological polar surface area (TPSA) is 260 Å². The van der Waals surface area contributed by atoms with Gasteiger partial charge in [0.05, 0.1) is 12.4 Å². The van der Waals surface area contributed by atoms with Crippen molar-refractivity contribution in [1.29, 1.82) is 0 Å². The summed E-state index contributed by atoms with van der Waals surface area (Å²) >= 11 is 0. The van der Waals surface area contributed by atoms with Gasteiger partial charge < -0.3 is 42.6 Å². The summed E-state index contributed by atoms with van der Waals surface area (Å²) in [6.07, 6.45) is 1.66. The number of aromatic amines is 1. The quantitative estimate of drug-likeness (QED) is 0.126. The number of nitrogens with one attached hydrogen (secondary N) is 4. The first-order valence-corrected chi connectivity index (χ1v) is 9.82. The van der Waals surface area contributed by atoms with Crippen LogP contribution in [0.1, 0.15) is 31.4 Å². The molecule has 0 spiro atoms. The molecule has 0 saturated heterocycles. The number of H-pyrrole nitrogens is 1. The lowest BCUT2D eigenvalue weighted by Crippen LogP contribution is -2.56. The van der Waals surface area contributed by atoms with Crippen molar-refractivity contribution in [3.63, 3.8) is 0 Å². The number of carbonyl (C=O) groups is 6. The summed E-state index contributed by atoms with van der Waals surface area (Å²) in [5, 5.41) is 24.3. The van der Waals surface area contributed by atoms with Crippen LogP contribution in [0.3, 0.4) is 0 Å². The summed E-state index contributed by atoms with van der Waals surface area (Å²) in [5.41, 5.74) is 11.2. The van der Waals surface area contributed by atoms with Crippen molar-refractivity contribution < 1.29 is 39.0 Å². The highest BCUT2D eigenvalue weighted by atomic mass is 16.4. The number of hydrogen-bond donors (Lipinski definition) is 8. The lowest BCUT2D eigenvalue weighted by Gasteiger charge is -2.23. The fourth-order valence-corrected chi connectivity index (χ4v) is 2.63. The third-order valence-electron chi connectivity index (χ3n) is 4.34. The second-order valence-electron chi connectivity index (χ2n) is 7.06. The van der Waals surface area contributed by atoms with Gasteiger partial charge in [-0.15, -0.1) is 0 Å². The second-order valence-corrected chi connectivity index (χ2v) is 7.06. The van der Waals surface area contributed by atoms with Crippen molar-refractivity contribution in [2.75, 3.05) is 6.54 Å². The molecule has 0 fully saturated rings. The van der Waals surface area contributed by atoms with E-state index >= 15 is 0 Å². The normalized spacial score (nSPS) is 13.2. The summed E-state index contributed by atoms with van der Waals surface area (Å²) in [5.74, 6) is -5.69. The van der Waals surface area contributed by atoms with Crippen LogP contribution in [0.5, 0.6) is 0 Å². The van der Waals surface area contributed by atoms with Crippen molar-refractivity contribution in [2.24, 2.45) is 11.5 Å². The zero-order valence-corrected chi connectivity index (χ0v) is 17.6. The lowest BCUT2D eigenvalue weighted by atomic mass is 10.1. The second kappa shape index (κ2) is 13.4. The standard InChI is InChI=1S/C18H27N7O8/c19-10(1-4-14(27)28)16(31)25-12(5-9-6-21-8-23-9)18(33)24-11(2-3-13(20)26)17(32)22-7-15(29)30/h6,8,10-12H,1-5,7,19H2,(H2,20,26)(H,21,23)(H,22,32)(H,24,33)(H,25,31)(H,27,28)(H,29,30). The van der Waals surface area contributed by atoms with Crippen LogP contribution < -0.4 is 27.4 Å². The zero-order valence-electron chi connectivity index (χ0n) is 17.6. The van der Waals surface area contributed by atoms with Crippen LogP contribution in [0.4, 0.5) is 0 Å². The highest BCUT2D eigenvalue weighted by Gasteiger charge is 2.29. The summed E-state index contributed by atoms with van der Waals surface area (Å²) in [4.78, 5) is 76.6. The molecule has 4 amide bonds. The molecule has 3 unspecified atom stereocenters. The van der Waals surface area contributed by atoms with Gasteiger partial charge in [-0.1, -0.05) is 0 Å². The number of nitrogens with two attached hydrogens (primary N) is 2. The van der Waals surface area contributed by atoms with E-state index in [1.54, 1.807) is 0 Å². The average molecular weight is 469 g/mol. The first-order valence-electron chi connectivity index (χ1n) is 9.82. The first-order chi connectivity index (χ1) is 15.5. The van der Waals surface area contributed by atoms with E-state index < -0.39 is 60.2 Å². The van der Waals surface area contributed by atoms with E-state index in [0.717, 1.165) is 0 Å². The predicted octanol–water partition coefficient (Wildman–Crippen LogP) is -3.42. The van der Waals surface area contributed by atoms with Crippen molar-refractivity contribution >= 4 is 35.6 Å². The SMILES string of the molecule is NC(=O)CCC(NC(=O)C(Cc1cnc[nH]1)NC(=O)C(N)CCC(=O)O)C(=O)NCC(=O)O. The van der Waals surface area contributed by atoms with E-state index in [2.05, 4.69) is 25.9 Å². The molecule has 33 heavy (non-hydrogen) atoms. The molecular weight excluding hydrogens is 442 g/mol. The van der Waals surface area contributed by atoms with Crippen LogP contribution in [0, 0.1) is 0 Å². The maximum absolute atomic E-state index is 12.9. The molecule has 0 aliphatic heterocycles. The fraction of sp³-hybridized carbons (Fsp3) is 0.500. The van der Waals surface area contributed by atoms with Gasteiger partial charge in [0.1, 0.15) is 18.6 Å². The molecule has 1 rings (SSSR count). The van der Waals surface area contributed by atoms with Crippen LogP contribution in [0.2, 0.25) is 0 Å². The van der Waals surface area contributed by atoms with Gasteiger partial charge in [-0.2, -0.15) is 0 Å². The minimum Gasteiger partial charge on any atom is -0.481 e. The summed E-state index contributed by atoms with van der Waals surface area (Å²) in [6.45, 7) is -0.714. The first kappa shape index (κ1) is 27.0. The zero-order chi connectivity index (χ0) is 25.0. The van der Waals surface area contributed by atoms with Gasteiger partial charge in [0.15, 0.2) is 0 Å². The summed E-state index contributed by atoms with van der Waals surface area (Å²) < 4.78 is 0. The molecule has 182 valence electrons. The van der Waals surface area contributed by atoms with E-state index in [0.29, 0.717) is 5.69 Å². The number of amides is 4. The molecular formula is C18H27N7O8. The summed E-state index contributed by atoms with van der Waals surface area (Å²) in [6, 6.07) is -3.77. The largest absolute Gasteiger partial charge is 0.481 e. The number of primary amides is 1. The lowest BCUT2D eigenvalue weighted by molar-refractivity contribution is -0.139. The molecule has 0 aliphatic rings. The Balaban J connectivity index is 2.95. The molecule has 1 aromatic heterocycles. The van der Waals surface area contributed by atoms with Crippen molar-refractivity contribution in [3.05, 3.63) is 18.2 Å². The Morgan fingerprint density at radius 2 is 1.61 bits per heavy atom. The molecule has 0 radical (unpaired) electrons. The molecule has 15 nitrogen and oxygen atoms in total. The number of aliphatic carboxylic acids is 2. The molecule has 1 heterocycles. The number of carbonyl (C=O) groups excluding carboxylic acids is 4. The summed E-state index contributed by atoms with van der Waals surface area (Å²) in [7, 11) is 0. The third kappa shape index (κ3) is 10.7. The van der Waals surface area contributed by atoms with Crippen LogP contribution in [0.25, 0.3) is 0 Å². The van der Waals surface area contributed by atoms with Gasteiger partial charge in [-0.25, -0.2) is 4.98 Å². The number of carboxylic acid groups (broad SMARTS) is 2. The van der Waals surface area contributed by atoms with Gasteiger partial charge in [0, 0.05) is 31.2 Å². The Hall–Kier alpha value is -4.01. The van der Waals surface area contributed by atoms with Crippen LogP contribution in [-0.4, -0.2) is 80.4 Å². The predicted molar refractivity (Wildman–Crippen MR) is 110 cm³/mol. The molecule has 10 N–H and O–H groups in total. The van der Waals surface area contributed by atoms with Gasteiger partial charge in [0.25, 0.3) is 0 Å². The van der Waals surface area contributed by atoms with E-state index in [9.17, 15) is 28.8 Å². The number of hydrogen-bond acceptors (Lipinski definition) is 8. The fourth-order valence-electron chi connectivity index (χ4n) is 2.63. The van der Waals surface area contributed by atoms with Crippen molar-refractivity contribution in [3.8, 4) is 0 Å². The molecule has 3 atom stereocenters. The van der Waals surface area contributed by atoms with Crippen LogP contribution in [0.15, 0.2) is 12.5 Å². The Kier molecular flexibility index (Phi) is 11.0. The number of nitrogens with zero attached hydrogens (tertiary/aromatic N) is 1. The van der Waals surface area contributed by atoms with E-state index in [-0.39, 0.29) is 32.1 Å². The third-order valence-corrected chi connectivity index (χ3v) is 4.34. The van der Waals surface area contributed by atoms with Crippen LogP contribution in [-0.2, 0) is 35.2 Å². The Morgan fingerprint density at radius 1 is 0.939 bits per heavy atom. The average Bonchev–Trinajstić information content (AvgIpc) is 3.25. The van der Waals surface area contributed by atoms with E-state index in [1.165, 1.54) is 12.5 Å². The van der Waals surface area contributed by atoms with Crippen molar-refractivity contribution in [2.45, 2.75) is 50.2 Å². The van der Waals surface area contributed by atoms with Gasteiger partial charge in [-0.3, -0.25) is 28.8 Å². The Morgan fingerprint density at radius 3 is 2.15 bits per heavy atom. The van der Waals surface area contributed by atoms with Crippen LogP contribution >= 0.6 is 0 Å².